The summed E-state index contributed by atoms with van der Waals surface area (Å²) in [4.78, 5) is 20.7. The van der Waals surface area contributed by atoms with Gasteiger partial charge in [0, 0.05) is 12.4 Å². The van der Waals surface area contributed by atoms with Crippen molar-refractivity contribution in [2.45, 2.75) is 6.42 Å². The molecule has 1 unspecified atom stereocenters. The molecule has 0 spiro atoms. The average molecular weight is 339 g/mol. The third kappa shape index (κ3) is 3.06. The molecule has 1 amide bonds. The molecular weight excluding hydrogens is 325 g/mol. The van der Waals surface area contributed by atoms with Crippen molar-refractivity contribution < 1.29 is 13.9 Å². The number of carbonyl (C=O) groups excluding carboxylic acids is 1. The van der Waals surface area contributed by atoms with Crippen molar-refractivity contribution in [3.63, 3.8) is 0 Å². The van der Waals surface area contributed by atoms with Crippen LogP contribution in [-0.2, 0) is 11.2 Å². The second kappa shape index (κ2) is 6.31. The molecule has 3 heterocycles. The number of hydrogen-bond acceptors (Lipinski definition) is 5. The Balaban J connectivity index is 1.54. The van der Waals surface area contributed by atoms with Gasteiger partial charge >= 0.3 is 0 Å². The molecule has 1 N–H and O–H groups in total. The molecule has 7 nitrogen and oxygen atoms in total. The van der Waals surface area contributed by atoms with Crippen LogP contribution >= 0.6 is 0 Å². The van der Waals surface area contributed by atoms with Crippen molar-refractivity contribution in [3.05, 3.63) is 60.6 Å². The van der Waals surface area contributed by atoms with Crippen LogP contribution in [0, 0.1) is 11.7 Å². The monoisotopic (exact) mass is 339 g/mol. The molecule has 3 aromatic rings. The van der Waals surface area contributed by atoms with Crippen LogP contribution in [0.1, 0.15) is 5.56 Å². The van der Waals surface area contributed by atoms with E-state index in [4.69, 9.17) is 4.74 Å². The van der Waals surface area contributed by atoms with E-state index in [1.165, 1.54) is 24.7 Å². The Bertz CT molecular complexity index is 913. The lowest BCUT2D eigenvalue weighted by molar-refractivity contribution is -0.121. The fraction of sp³-hybridized carbons (Fsp3) is 0.176. The zero-order chi connectivity index (χ0) is 17.2. The first-order valence-electron chi connectivity index (χ1n) is 7.73. The van der Waals surface area contributed by atoms with E-state index in [1.54, 1.807) is 29.2 Å². The first-order chi connectivity index (χ1) is 12.2. The SMILES string of the molecule is O=C(Nc1cncnc1-n1cccn1)C1COc2ccc(F)cc2C1. The second-order valence-electron chi connectivity index (χ2n) is 5.66. The molecule has 1 aromatic carbocycles. The minimum atomic E-state index is -0.431. The van der Waals surface area contributed by atoms with Crippen LogP contribution in [0.5, 0.6) is 5.75 Å². The van der Waals surface area contributed by atoms with E-state index in [2.05, 4.69) is 20.4 Å². The third-order valence-corrected chi connectivity index (χ3v) is 3.97. The second-order valence-corrected chi connectivity index (χ2v) is 5.66. The van der Waals surface area contributed by atoms with Crippen molar-refractivity contribution >= 4 is 11.6 Å². The Hall–Kier alpha value is -3.29. The molecule has 1 aliphatic rings. The summed E-state index contributed by atoms with van der Waals surface area (Å²) < 4.78 is 20.5. The summed E-state index contributed by atoms with van der Waals surface area (Å²) in [7, 11) is 0. The van der Waals surface area contributed by atoms with Gasteiger partial charge in [0.2, 0.25) is 5.91 Å². The van der Waals surface area contributed by atoms with Gasteiger partial charge < -0.3 is 10.1 Å². The number of rotatable bonds is 3. The minimum absolute atomic E-state index is 0.231. The number of ether oxygens (including phenoxy) is 1. The molecule has 0 saturated carbocycles. The summed E-state index contributed by atoms with van der Waals surface area (Å²) in [6.45, 7) is 0.231. The molecule has 0 radical (unpaired) electrons. The standard InChI is InChI=1S/C17H14FN5O2/c18-13-2-3-15-11(7-13)6-12(9-25-15)17(24)22-14-8-19-10-20-16(14)23-5-1-4-21-23/h1-5,7-8,10,12H,6,9H2,(H,22,24). The minimum Gasteiger partial charge on any atom is -0.492 e. The largest absolute Gasteiger partial charge is 0.492 e. The molecule has 0 bridgehead atoms. The molecule has 1 atom stereocenters. The van der Waals surface area contributed by atoms with Crippen LogP contribution in [0.3, 0.4) is 0 Å². The first-order valence-corrected chi connectivity index (χ1v) is 7.73. The predicted molar refractivity (Wildman–Crippen MR) is 86.9 cm³/mol. The summed E-state index contributed by atoms with van der Waals surface area (Å²) in [6, 6.07) is 6.08. The summed E-state index contributed by atoms with van der Waals surface area (Å²) in [5.41, 5.74) is 1.13. The van der Waals surface area contributed by atoms with E-state index in [-0.39, 0.29) is 18.3 Å². The molecule has 8 heteroatoms. The smallest absolute Gasteiger partial charge is 0.231 e. The summed E-state index contributed by atoms with van der Waals surface area (Å²) in [5, 5.41) is 6.93. The van der Waals surface area contributed by atoms with Crippen molar-refractivity contribution in [1.82, 2.24) is 19.7 Å². The quantitative estimate of drug-likeness (QED) is 0.789. The van der Waals surface area contributed by atoms with Gasteiger partial charge in [0.15, 0.2) is 5.82 Å². The number of halogens is 1. The van der Waals surface area contributed by atoms with Crippen LogP contribution in [-0.4, -0.2) is 32.3 Å². The van der Waals surface area contributed by atoms with Crippen LogP contribution in [0.2, 0.25) is 0 Å². The van der Waals surface area contributed by atoms with Gasteiger partial charge in [0.05, 0.1) is 12.1 Å². The van der Waals surface area contributed by atoms with Gasteiger partial charge in [0.1, 0.15) is 30.2 Å². The summed E-state index contributed by atoms with van der Waals surface area (Å²) in [5.74, 6) is 0.0705. The molecule has 4 rings (SSSR count). The number of anilines is 1. The predicted octanol–water partition coefficient (Wildman–Crippen LogP) is 1.99. The highest BCUT2D eigenvalue weighted by molar-refractivity contribution is 5.94. The van der Waals surface area contributed by atoms with Gasteiger partial charge in [0.25, 0.3) is 0 Å². The lowest BCUT2D eigenvalue weighted by Crippen LogP contribution is -2.33. The highest BCUT2D eigenvalue weighted by atomic mass is 19.1. The van der Waals surface area contributed by atoms with Crippen molar-refractivity contribution in [2.24, 2.45) is 5.92 Å². The van der Waals surface area contributed by atoms with Gasteiger partial charge in [-0.25, -0.2) is 19.0 Å². The Labute approximate surface area is 142 Å². The average Bonchev–Trinajstić information content (AvgIpc) is 3.16. The Morgan fingerprint density at radius 2 is 2.32 bits per heavy atom. The fourth-order valence-corrected chi connectivity index (χ4v) is 2.75. The summed E-state index contributed by atoms with van der Waals surface area (Å²) in [6.07, 6.45) is 6.65. The lowest BCUT2D eigenvalue weighted by atomic mass is 9.96. The van der Waals surface area contributed by atoms with E-state index in [1.807, 2.05) is 0 Å². The highest BCUT2D eigenvalue weighted by Gasteiger charge is 2.27. The highest BCUT2D eigenvalue weighted by Crippen LogP contribution is 2.28. The Kier molecular flexibility index (Phi) is 3.85. The van der Waals surface area contributed by atoms with Gasteiger partial charge in [-0.05, 0) is 36.2 Å². The van der Waals surface area contributed by atoms with E-state index < -0.39 is 5.92 Å². The number of hydrogen-bond donors (Lipinski definition) is 1. The van der Waals surface area contributed by atoms with E-state index >= 15 is 0 Å². The molecule has 25 heavy (non-hydrogen) atoms. The normalized spacial score (nSPS) is 16.0. The fourth-order valence-electron chi connectivity index (χ4n) is 2.75. The van der Waals surface area contributed by atoms with E-state index in [0.29, 0.717) is 29.2 Å². The van der Waals surface area contributed by atoms with Crippen LogP contribution in [0.15, 0.2) is 49.2 Å². The molecule has 126 valence electrons. The van der Waals surface area contributed by atoms with Crippen molar-refractivity contribution in [1.29, 1.82) is 0 Å². The van der Waals surface area contributed by atoms with Crippen LogP contribution in [0.4, 0.5) is 10.1 Å². The van der Waals surface area contributed by atoms with Gasteiger partial charge in [-0.2, -0.15) is 5.10 Å². The van der Waals surface area contributed by atoms with E-state index in [0.717, 1.165) is 0 Å². The van der Waals surface area contributed by atoms with Crippen LogP contribution < -0.4 is 10.1 Å². The van der Waals surface area contributed by atoms with Crippen molar-refractivity contribution in [2.75, 3.05) is 11.9 Å². The molecule has 0 saturated heterocycles. The van der Waals surface area contributed by atoms with Crippen molar-refractivity contribution in [3.8, 4) is 11.6 Å². The Morgan fingerprint density at radius 3 is 3.16 bits per heavy atom. The molecule has 0 fully saturated rings. The zero-order valence-corrected chi connectivity index (χ0v) is 13.1. The molecule has 2 aromatic heterocycles. The Morgan fingerprint density at radius 1 is 1.40 bits per heavy atom. The summed E-state index contributed by atoms with van der Waals surface area (Å²) >= 11 is 0. The van der Waals surface area contributed by atoms with Gasteiger partial charge in [-0.3, -0.25) is 4.79 Å². The zero-order valence-electron chi connectivity index (χ0n) is 13.1. The number of benzene rings is 1. The third-order valence-electron chi connectivity index (χ3n) is 3.97. The number of amides is 1. The number of carbonyl (C=O) groups is 1. The number of fused-ring (bicyclic) bond motifs is 1. The first kappa shape index (κ1) is 15.3. The van der Waals surface area contributed by atoms with Crippen LogP contribution in [0.25, 0.3) is 5.82 Å². The maximum atomic E-state index is 13.4. The topological polar surface area (TPSA) is 81.9 Å². The van der Waals surface area contributed by atoms with Gasteiger partial charge in [-0.1, -0.05) is 0 Å². The van der Waals surface area contributed by atoms with E-state index in [9.17, 15) is 9.18 Å². The van der Waals surface area contributed by atoms with Gasteiger partial charge in [-0.15, -0.1) is 0 Å². The lowest BCUT2D eigenvalue weighted by Gasteiger charge is -2.24. The maximum Gasteiger partial charge on any atom is 0.231 e. The molecule has 0 aliphatic carbocycles. The maximum absolute atomic E-state index is 13.4. The number of aromatic nitrogens is 4. The number of nitrogens with zero attached hydrogens (tertiary/aromatic N) is 4. The number of nitrogens with one attached hydrogen (secondary N) is 1. The molecule has 1 aliphatic heterocycles. The molecular formula is C17H14FN5O2.